The van der Waals surface area contributed by atoms with E-state index in [0.717, 1.165) is 27.7 Å². The molecule has 0 fully saturated rings. The smallest absolute Gasteiger partial charge is 0.130 e. The lowest BCUT2D eigenvalue weighted by Gasteiger charge is -2.12. The number of aliphatic hydroxyl groups excluding tert-OH is 1. The SMILES string of the molecule is Cc1nn(C)c(Cl)c1CC(O)c1ccc2ncccc2c1. The van der Waals surface area contributed by atoms with Crippen LogP contribution in [0.15, 0.2) is 36.5 Å². The van der Waals surface area contributed by atoms with Crippen molar-refractivity contribution in [2.75, 3.05) is 0 Å². The Morgan fingerprint density at radius 1 is 1.33 bits per heavy atom. The first-order valence-electron chi connectivity index (χ1n) is 6.77. The molecule has 0 bridgehead atoms. The third-order valence-corrected chi connectivity index (χ3v) is 4.15. The molecule has 0 aliphatic heterocycles. The van der Waals surface area contributed by atoms with Gasteiger partial charge in [0.05, 0.1) is 17.3 Å². The molecule has 21 heavy (non-hydrogen) atoms. The highest BCUT2D eigenvalue weighted by atomic mass is 35.5. The van der Waals surface area contributed by atoms with Gasteiger partial charge in [-0.1, -0.05) is 23.7 Å². The molecule has 0 spiro atoms. The molecular weight excluding hydrogens is 286 g/mol. The number of aromatic nitrogens is 3. The van der Waals surface area contributed by atoms with E-state index < -0.39 is 6.10 Å². The second kappa shape index (κ2) is 5.47. The van der Waals surface area contributed by atoms with E-state index in [2.05, 4.69) is 10.1 Å². The van der Waals surface area contributed by atoms with Crippen molar-refractivity contribution in [3.05, 3.63) is 58.5 Å². The van der Waals surface area contributed by atoms with E-state index in [1.165, 1.54) is 0 Å². The first-order chi connectivity index (χ1) is 10.1. The van der Waals surface area contributed by atoms with Crippen molar-refractivity contribution in [3.8, 4) is 0 Å². The number of nitrogens with zero attached hydrogens (tertiary/aromatic N) is 3. The Morgan fingerprint density at radius 3 is 2.86 bits per heavy atom. The van der Waals surface area contributed by atoms with Crippen LogP contribution < -0.4 is 0 Å². The van der Waals surface area contributed by atoms with Crippen molar-refractivity contribution < 1.29 is 5.11 Å². The predicted octanol–water partition coefficient (Wildman–Crippen LogP) is 3.21. The molecule has 0 saturated carbocycles. The number of fused-ring (bicyclic) bond motifs is 1. The summed E-state index contributed by atoms with van der Waals surface area (Å²) in [6.45, 7) is 1.90. The molecule has 0 aliphatic rings. The molecule has 2 aromatic heterocycles. The van der Waals surface area contributed by atoms with Gasteiger partial charge in [0.2, 0.25) is 0 Å². The summed E-state index contributed by atoms with van der Waals surface area (Å²) < 4.78 is 1.63. The number of halogens is 1. The summed E-state index contributed by atoms with van der Waals surface area (Å²) in [5.74, 6) is 0. The van der Waals surface area contributed by atoms with Crippen LogP contribution in [0.3, 0.4) is 0 Å². The van der Waals surface area contributed by atoms with Crippen LogP contribution in [0.2, 0.25) is 5.15 Å². The standard InChI is InChI=1S/C16H16ClN3O/c1-10-13(16(17)20(2)19-10)9-15(21)12-5-6-14-11(8-12)4-3-7-18-14/h3-8,15,21H,9H2,1-2H3. The van der Waals surface area contributed by atoms with Crippen LogP contribution in [0.5, 0.6) is 0 Å². The largest absolute Gasteiger partial charge is 0.388 e. The summed E-state index contributed by atoms with van der Waals surface area (Å²) >= 11 is 6.22. The molecule has 3 rings (SSSR count). The number of aryl methyl sites for hydroxylation is 2. The Kier molecular flexibility index (Phi) is 3.66. The molecule has 5 heteroatoms. The maximum absolute atomic E-state index is 10.5. The van der Waals surface area contributed by atoms with E-state index in [1.54, 1.807) is 17.9 Å². The molecule has 0 saturated heterocycles. The fourth-order valence-electron chi connectivity index (χ4n) is 2.52. The first kappa shape index (κ1) is 14.0. The van der Waals surface area contributed by atoms with Gasteiger partial charge in [0.25, 0.3) is 0 Å². The zero-order chi connectivity index (χ0) is 15.0. The van der Waals surface area contributed by atoms with Gasteiger partial charge in [-0.25, -0.2) is 0 Å². The molecule has 1 aromatic carbocycles. The summed E-state index contributed by atoms with van der Waals surface area (Å²) in [5, 5.41) is 16.3. The number of hydrogen-bond acceptors (Lipinski definition) is 3. The summed E-state index contributed by atoms with van der Waals surface area (Å²) in [7, 11) is 1.80. The van der Waals surface area contributed by atoms with Crippen LogP contribution >= 0.6 is 11.6 Å². The highest BCUT2D eigenvalue weighted by molar-refractivity contribution is 6.30. The van der Waals surface area contributed by atoms with E-state index in [0.29, 0.717) is 11.6 Å². The molecule has 108 valence electrons. The predicted molar refractivity (Wildman–Crippen MR) is 83.4 cm³/mol. The van der Waals surface area contributed by atoms with Crippen molar-refractivity contribution in [1.29, 1.82) is 0 Å². The minimum Gasteiger partial charge on any atom is -0.388 e. The van der Waals surface area contributed by atoms with Crippen LogP contribution in [0.1, 0.15) is 22.9 Å². The number of hydrogen-bond donors (Lipinski definition) is 1. The zero-order valence-electron chi connectivity index (χ0n) is 11.9. The van der Waals surface area contributed by atoms with Crippen LogP contribution in [-0.2, 0) is 13.5 Å². The second-order valence-electron chi connectivity index (χ2n) is 5.15. The van der Waals surface area contributed by atoms with Gasteiger partial charge in [-0.2, -0.15) is 5.10 Å². The molecule has 1 unspecified atom stereocenters. The van der Waals surface area contributed by atoms with Crippen molar-refractivity contribution in [2.45, 2.75) is 19.4 Å². The topological polar surface area (TPSA) is 50.9 Å². The highest BCUT2D eigenvalue weighted by Gasteiger charge is 2.17. The summed E-state index contributed by atoms with van der Waals surface area (Å²) in [5.41, 5.74) is 3.51. The maximum Gasteiger partial charge on any atom is 0.130 e. The summed E-state index contributed by atoms with van der Waals surface area (Å²) in [6, 6.07) is 9.67. The van der Waals surface area contributed by atoms with Gasteiger partial charge in [0, 0.05) is 30.6 Å². The Labute approximate surface area is 128 Å². The average molecular weight is 302 g/mol. The van der Waals surface area contributed by atoms with Gasteiger partial charge >= 0.3 is 0 Å². The minimum absolute atomic E-state index is 0.449. The lowest BCUT2D eigenvalue weighted by Crippen LogP contribution is -2.03. The Hall–Kier alpha value is -1.91. The van der Waals surface area contributed by atoms with Crippen LogP contribution in [0, 0.1) is 6.92 Å². The van der Waals surface area contributed by atoms with E-state index in [-0.39, 0.29) is 0 Å². The van der Waals surface area contributed by atoms with Gasteiger partial charge in [-0.15, -0.1) is 0 Å². The van der Waals surface area contributed by atoms with Gasteiger partial charge in [-0.3, -0.25) is 9.67 Å². The fourth-order valence-corrected chi connectivity index (χ4v) is 2.77. The Morgan fingerprint density at radius 2 is 2.14 bits per heavy atom. The van der Waals surface area contributed by atoms with E-state index >= 15 is 0 Å². The highest BCUT2D eigenvalue weighted by Crippen LogP contribution is 2.27. The van der Waals surface area contributed by atoms with E-state index in [9.17, 15) is 5.11 Å². The molecule has 0 amide bonds. The van der Waals surface area contributed by atoms with Gasteiger partial charge in [0.15, 0.2) is 0 Å². The van der Waals surface area contributed by atoms with Crippen molar-refractivity contribution in [2.24, 2.45) is 7.05 Å². The number of rotatable bonds is 3. The lowest BCUT2D eigenvalue weighted by molar-refractivity contribution is 0.178. The van der Waals surface area contributed by atoms with Crippen LogP contribution in [-0.4, -0.2) is 19.9 Å². The quantitative estimate of drug-likeness (QED) is 0.808. The van der Waals surface area contributed by atoms with Gasteiger partial charge < -0.3 is 5.11 Å². The number of pyridine rings is 1. The molecule has 4 nitrogen and oxygen atoms in total. The summed E-state index contributed by atoms with van der Waals surface area (Å²) in [6.07, 6.45) is 1.59. The summed E-state index contributed by atoms with van der Waals surface area (Å²) in [4.78, 5) is 4.28. The number of aliphatic hydroxyl groups is 1. The third-order valence-electron chi connectivity index (χ3n) is 3.68. The molecular formula is C16H16ClN3O. The van der Waals surface area contributed by atoms with Crippen LogP contribution in [0.25, 0.3) is 10.9 Å². The van der Waals surface area contributed by atoms with E-state index in [1.807, 2.05) is 37.3 Å². The molecule has 2 heterocycles. The molecule has 1 N–H and O–H groups in total. The van der Waals surface area contributed by atoms with E-state index in [4.69, 9.17) is 11.6 Å². The lowest BCUT2D eigenvalue weighted by atomic mass is 10.0. The van der Waals surface area contributed by atoms with Crippen LogP contribution in [0.4, 0.5) is 0 Å². The zero-order valence-corrected chi connectivity index (χ0v) is 12.7. The monoisotopic (exact) mass is 301 g/mol. The maximum atomic E-state index is 10.5. The molecule has 0 aliphatic carbocycles. The first-order valence-corrected chi connectivity index (χ1v) is 7.15. The van der Waals surface area contributed by atoms with Crippen molar-refractivity contribution in [1.82, 2.24) is 14.8 Å². The second-order valence-corrected chi connectivity index (χ2v) is 5.51. The Bertz CT molecular complexity index is 797. The van der Waals surface area contributed by atoms with Gasteiger partial charge in [-0.05, 0) is 30.7 Å². The Balaban J connectivity index is 1.91. The molecule has 3 aromatic rings. The third kappa shape index (κ3) is 2.64. The average Bonchev–Trinajstić information content (AvgIpc) is 2.73. The fraction of sp³-hybridized carbons (Fsp3) is 0.250. The normalized spacial score (nSPS) is 12.8. The molecule has 0 radical (unpaired) electrons. The molecule has 1 atom stereocenters. The van der Waals surface area contributed by atoms with Crippen molar-refractivity contribution in [3.63, 3.8) is 0 Å². The minimum atomic E-state index is -0.616. The van der Waals surface area contributed by atoms with Crippen molar-refractivity contribution >= 4 is 22.5 Å². The number of benzene rings is 1. The van der Waals surface area contributed by atoms with Gasteiger partial charge in [0.1, 0.15) is 5.15 Å².